The van der Waals surface area contributed by atoms with E-state index in [2.05, 4.69) is 47.8 Å². The second-order valence-corrected chi connectivity index (χ2v) is 13.8. The molecule has 0 spiro atoms. The molecule has 0 saturated heterocycles. The minimum absolute atomic E-state index is 0.0259. The number of rotatable bonds is 14. The summed E-state index contributed by atoms with van der Waals surface area (Å²) in [7, 11) is 0. The first-order valence-corrected chi connectivity index (χ1v) is 17.2. The van der Waals surface area contributed by atoms with Crippen molar-refractivity contribution in [3.8, 4) is 11.3 Å². The van der Waals surface area contributed by atoms with Crippen LogP contribution in [0.15, 0.2) is 36.5 Å². The Labute approximate surface area is 269 Å². The number of aliphatic hydroxyl groups excluding tert-OH is 1. The normalized spacial score (nSPS) is 16.2. The first-order chi connectivity index (χ1) is 21.6. The minimum atomic E-state index is -0.817. The molecule has 2 heterocycles. The van der Waals surface area contributed by atoms with Crippen LogP contribution in [0.25, 0.3) is 16.9 Å². The molecule has 0 bridgehead atoms. The first kappa shape index (κ1) is 34.5. The Hall–Kier alpha value is -3.33. The summed E-state index contributed by atoms with van der Waals surface area (Å²) in [6, 6.07) is 10.1. The van der Waals surface area contributed by atoms with Crippen LogP contribution in [0.3, 0.4) is 0 Å². The summed E-state index contributed by atoms with van der Waals surface area (Å²) >= 11 is 0. The third kappa shape index (κ3) is 9.12. The van der Waals surface area contributed by atoms with Crippen LogP contribution in [0.1, 0.15) is 117 Å². The number of hydrogen-bond acceptors (Lipinski definition) is 6. The maximum atomic E-state index is 13.9. The standard InChI is InChI=1S/C36H54N6O3/c1-7-8-19-42(40-26(6)43)36(45)29(25(4)5)22-33(44)30(21-27-15-11-9-12-16-27)34-38-39-35-31(20-24(2)3)37-32(23-41(34)35)28-17-13-10-14-18-28/h10,13-14,17-18,23-25,27,29-30,33,44H,7-9,11-12,15-16,19-22H2,1-6H3,(H,40,43)/t29-,30+,33-/m0/s1. The van der Waals surface area contributed by atoms with E-state index in [0.717, 1.165) is 66.9 Å². The van der Waals surface area contributed by atoms with Crippen molar-refractivity contribution in [3.05, 3.63) is 48.0 Å². The van der Waals surface area contributed by atoms with Crippen molar-refractivity contribution in [3.63, 3.8) is 0 Å². The Morgan fingerprint density at radius 3 is 2.40 bits per heavy atom. The van der Waals surface area contributed by atoms with Gasteiger partial charge in [0, 0.05) is 37.1 Å². The fraction of sp³-hybridized carbons (Fsp3) is 0.639. The Morgan fingerprint density at radius 1 is 1.07 bits per heavy atom. The molecule has 1 aliphatic carbocycles. The van der Waals surface area contributed by atoms with Gasteiger partial charge in [0.2, 0.25) is 11.8 Å². The van der Waals surface area contributed by atoms with E-state index in [0.29, 0.717) is 18.4 Å². The molecule has 9 nitrogen and oxygen atoms in total. The van der Waals surface area contributed by atoms with E-state index in [9.17, 15) is 14.7 Å². The average Bonchev–Trinajstić information content (AvgIpc) is 3.44. The van der Waals surface area contributed by atoms with Gasteiger partial charge >= 0.3 is 0 Å². The number of hydrazine groups is 1. The van der Waals surface area contributed by atoms with Crippen LogP contribution in [0.4, 0.5) is 0 Å². The molecule has 1 aliphatic rings. The summed E-state index contributed by atoms with van der Waals surface area (Å²) in [5.74, 6) is 0.375. The summed E-state index contributed by atoms with van der Waals surface area (Å²) in [5, 5.41) is 23.0. The van der Waals surface area contributed by atoms with Gasteiger partial charge in [-0.05, 0) is 43.4 Å². The van der Waals surface area contributed by atoms with Crippen molar-refractivity contribution in [1.82, 2.24) is 30.0 Å². The van der Waals surface area contributed by atoms with Crippen LogP contribution in [-0.4, -0.2) is 54.2 Å². The molecule has 2 N–H and O–H groups in total. The lowest BCUT2D eigenvalue weighted by Gasteiger charge is -2.33. The molecule has 3 aromatic rings. The van der Waals surface area contributed by atoms with Crippen LogP contribution >= 0.6 is 0 Å². The molecular formula is C36H54N6O3. The maximum Gasteiger partial charge on any atom is 0.244 e. The summed E-state index contributed by atoms with van der Waals surface area (Å²) < 4.78 is 2.06. The van der Waals surface area contributed by atoms with Crippen molar-refractivity contribution in [2.24, 2.45) is 23.7 Å². The predicted molar refractivity (Wildman–Crippen MR) is 178 cm³/mol. The van der Waals surface area contributed by atoms with E-state index in [-0.39, 0.29) is 30.1 Å². The average molecular weight is 619 g/mol. The number of nitrogens with zero attached hydrogens (tertiary/aromatic N) is 5. The maximum absolute atomic E-state index is 13.9. The highest BCUT2D eigenvalue weighted by Gasteiger charge is 2.36. The molecule has 3 atom stereocenters. The predicted octanol–water partition coefficient (Wildman–Crippen LogP) is 6.75. The molecule has 4 rings (SSSR count). The van der Waals surface area contributed by atoms with Gasteiger partial charge in [0.15, 0.2) is 5.65 Å². The number of hydrogen-bond donors (Lipinski definition) is 2. The van der Waals surface area contributed by atoms with Gasteiger partial charge in [0.1, 0.15) is 5.82 Å². The highest BCUT2D eigenvalue weighted by Crippen LogP contribution is 2.37. The zero-order valence-electron chi connectivity index (χ0n) is 28.2. The van der Waals surface area contributed by atoms with Crippen LogP contribution in [0.5, 0.6) is 0 Å². The number of benzene rings is 1. The van der Waals surface area contributed by atoms with E-state index < -0.39 is 12.0 Å². The van der Waals surface area contributed by atoms with Crippen molar-refractivity contribution < 1.29 is 14.7 Å². The summed E-state index contributed by atoms with van der Waals surface area (Å²) in [5.41, 5.74) is 6.24. The van der Waals surface area contributed by atoms with Crippen LogP contribution in [0.2, 0.25) is 0 Å². The molecule has 1 saturated carbocycles. The lowest BCUT2D eigenvalue weighted by Crippen LogP contribution is -2.50. The molecule has 0 unspecified atom stereocenters. The molecular weight excluding hydrogens is 564 g/mol. The fourth-order valence-corrected chi connectivity index (χ4v) is 6.73. The molecule has 2 aromatic heterocycles. The monoisotopic (exact) mass is 618 g/mol. The Morgan fingerprint density at radius 2 is 1.78 bits per heavy atom. The number of amides is 2. The SMILES string of the molecule is CCCCN(NC(C)=O)C(=O)[C@@H](C[C@H](O)[C@@H](CC1CCCCC1)c1nnc2c(CC(C)C)nc(-c3ccccc3)cn12)C(C)C. The lowest BCUT2D eigenvalue weighted by atomic mass is 9.78. The van der Waals surface area contributed by atoms with E-state index >= 15 is 0 Å². The molecule has 0 radical (unpaired) electrons. The van der Waals surface area contributed by atoms with Gasteiger partial charge in [0.25, 0.3) is 0 Å². The van der Waals surface area contributed by atoms with E-state index in [1.165, 1.54) is 31.2 Å². The second-order valence-electron chi connectivity index (χ2n) is 13.8. The van der Waals surface area contributed by atoms with Crippen LogP contribution in [-0.2, 0) is 16.0 Å². The number of fused-ring (bicyclic) bond motifs is 1. The molecule has 1 aromatic carbocycles. The molecule has 45 heavy (non-hydrogen) atoms. The Kier molecular flexibility index (Phi) is 12.5. The van der Waals surface area contributed by atoms with Gasteiger partial charge in [-0.15, -0.1) is 10.2 Å². The van der Waals surface area contributed by atoms with Crippen molar-refractivity contribution in [1.29, 1.82) is 0 Å². The third-order valence-corrected chi connectivity index (χ3v) is 9.18. The molecule has 246 valence electrons. The summed E-state index contributed by atoms with van der Waals surface area (Å²) in [6.45, 7) is 12.3. The fourth-order valence-electron chi connectivity index (χ4n) is 6.73. The molecule has 9 heteroatoms. The van der Waals surface area contributed by atoms with E-state index in [1.54, 1.807) is 0 Å². The van der Waals surface area contributed by atoms with Crippen molar-refractivity contribution in [2.75, 3.05) is 6.54 Å². The van der Waals surface area contributed by atoms with Gasteiger partial charge < -0.3 is 5.11 Å². The van der Waals surface area contributed by atoms with Gasteiger partial charge in [0.05, 0.1) is 17.5 Å². The topological polar surface area (TPSA) is 113 Å². The van der Waals surface area contributed by atoms with Crippen molar-refractivity contribution >= 4 is 17.5 Å². The zero-order valence-corrected chi connectivity index (χ0v) is 28.2. The molecule has 2 amide bonds. The number of unbranched alkanes of at least 4 members (excludes halogenated alkanes) is 1. The minimum Gasteiger partial charge on any atom is -0.392 e. The molecule has 1 fully saturated rings. The quantitative estimate of drug-likeness (QED) is 0.193. The number of carbonyl (C=O) groups excluding carboxylic acids is 2. The Bertz CT molecular complexity index is 1380. The van der Waals surface area contributed by atoms with Gasteiger partial charge in [-0.2, -0.15) is 0 Å². The van der Waals surface area contributed by atoms with Crippen molar-refractivity contribution in [2.45, 2.75) is 118 Å². The summed E-state index contributed by atoms with van der Waals surface area (Å²) in [4.78, 5) is 30.9. The number of aromatic nitrogens is 4. The largest absolute Gasteiger partial charge is 0.392 e. The smallest absolute Gasteiger partial charge is 0.244 e. The first-order valence-electron chi connectivity index (χ1n) is 17.2. The highest BCUT2D eigenvalue weighted by molar-refractivity contribution is 5.82. The molecule has 0 aliphatic heterocycles. The highest BCUT2D eigenvalue weighted by atomic mass is 16.3. The second kappa shape index (κ2) is 16.3. The van der Waals surface area contributed by atoms with Gasteiger partial charge in [-0.3, -0.25) is 24.4 Å². The number of carbonyl (C=O) groups is 2. The summed E-state index contributed by atoms with van der Waals surface area (Å²) in [6.07, 6.45) is 10.6. The third-order valence-electron chi connectivity index (χ3n) is 9.18. The van der Waals surface area contributed by atoms with Gasteiger partial charge in [-0.1, -0.05) is 103 Å². The number of aliphatic hydroxyl groups is 1. The van der Waals surface area contributed by atoms with E-state index in [4.69, 9.17) is 10.1 Å². The Balaban J connectivity index is 1.75. The van der Waals surface area contributed by atoms with Crippen LogP contribution in [0, 0.1) is 23.7 Å². The van der Waals surface area contributed by atoms with E-state index in [1.807, 2.05) is 38.2 Å². The lowest BCUT2D eigenvalue weighted by molar-refractivity contribution is -0.146. The zero-order chi connectivity index (χ0) is 32.5. The van der Waals surface area contributed by atoms with Crippen LogP contribution < -0.4 is 5.43 Å². The van der Waals surface area contributed by atoms with Gasteiger partial charge in [-0.25, -0.2) is 4.98 Å². The number of nitrogens with one attached hydrogen (secondary N) is 1.